The van der Waals surface area contributed by atoms with Gasteiger partial charge in [0.15, 0.2) is 0 Å². The van der Waals surface area contributed by atoms with Gasteiger partial charge in [0.05, 0.1) is 0 Å². The molecule has 74 valence electrons. The molecule has 14 heavy (non-hydrogen) atoms. The highest BCUT2D eigenvalue weighted by molar-refractivity contribution is 6.66. The summed E-state index contributed by atoms with van der Waals surface area (Å²) in [4.78, 5) is 53.3. The molecule has 0 radical (unpaired) electrons. The van der Waals surface area contributed by atoms with Gasteiger partial charge in [-0.15, -0.1) is 0 Å². The summed E-state index contributed by atoms with van der Waals surface area (Å²) in [6.07, 6.45) is 0. The molecule has 0 aliphatic carbocycles. The molecular formula is C5H4N4O5. The van der Waals surface area contributed by atoms with Gasteiger partial charge in [0, 0.05) is 0 Å². The zero-order chi connectivity index (χ0) is 10.9. The lowest BCUT2D eigenvalue weighted by molar-refractivity contribution is -0.151. The van der Waals surface area contributed by atoms with Gasteiger partial charge >= 0.3 is 29.7 Å². The standard InChI is InChI=1S/C5H4N4O5/c6-4(13)8-9-3(12)1(10)2(11)7-5(9)14/h(H3,6,8,13)(H,7,11,14). The molecule has 9 heteroatoms. The van der Waals surface area contributed by atoms with E-state index in [0.717, 1.165) is 0 Å². The van der Waals surface area contributed by atoms with Crippen molar-refractivity contribution in [2.24, 2.45) is 5.73 Å². The number of nitrogens with one attached hydrogen (secondary N) is 2. The summed E-state index contributed by atoms with van der Waals surface area (Å²) in [5, 5.41) is 1.54. The van der Waals surface area contributed by atoms with Crippen molar-refractivity contribution in [3.8, 4) is 0 Å². The van der Waals surface area contributed by atoms with E-state index in [4.69, 9.17) is 0 Å². The minimum atomic E-state index is -1.46. The van der Waals surface area contributed by atoms with Crippen LogP contribution in [0.3, 0.4) is 0 Å². The van der Waals surface area contributed by atoms with Gasteiger partial charge in [0.1, 0.15) is 0 Å². The maximum atomic E-state index is 10.9. The first kappa shape index (κ1) is 9.64. The number of barbiturate groups is 1. The summed E-state index contributed by atoms with van der Waals surface area (Å²) in [5.74, 6) is -4.27. The topological polar surface area (TPSA) is 139 Å². The van der Waals surface area contributed by atoms with Gasteiger partial charge in [-0.05, 0) is 0 Å². The maximum Gasteiger partial charge on any atom is 0.350 e. The predicted molar refractivity (Wildman–Crippen MR) is 38.1 cm³/mol. The van der Waals surface area contributed by atoms with Crippen LogP contribution >= 0.6 is 0 Å². The highest BCUT2D eigenvalue weighted by atomic mass is 16.2. The number of nitrogens with two attached hydrogens (primary N) is 1. The summed E-state index contributed by atoms with van der Waals surface area (Å²) in [5.41, 5.74) is 6.18. The number of carbonyl (C=O) groups is 5. The Hall–Kier alpha value is -2.45. The van der Waals surface area contributed by atoms with Crippen molar-refractivity contribution in [3.63, 3.8) is 0 Å². The number of amides is 6. The smallest absolute Gasteiger partial charge is 0.350 e. The summed E-state index contributed by atoms with van der Waals surface area (Å²) in [7, 11) is 0. The van der Waals surface area contributed by atoms with Gasteiger partial charge in [-0.25, -0.2) is 15.0 Å². The first-order valence-corrected chi connectivity index (χ1v) is 3.23. The second-order valence-corrected chi connectivity index (χ2v) is 2.21. The fraction of sp³-hybridized carbons (Fsp3) is 0. The van der Waals surface area contributed by atoms with E-state index in [0.29, 0.717) is 0 Å². The van der Waals surface area contributed by atoms with Crippen molar-refractivity contribution in [1.82, 2.24) is 15.8 Å². The molecule has 1 heterocycles. The first-order valence-electron chi connectivity index (χ1n) is 3.23. The van der Waals surface area contributed by atoms with Crippen LogP contribution in [0.15, 0.2) is 0 Å². The Morgan fingerprint density at radius 3 is 2.36 bits per heavy atom. The van der Waals surface area contributed by atoms with Crippen LogP contribution in [0, 0.1) is 0 Å². The van der Waals surface area contributed by atoms with E-state index in [-0.39, 0.29) is 5.01 Å². The Balaban J connectivity index is 2.90. The van der Waals surface area contributed by atoms with E-state index in [2.05, 4.69) is 5.73 Å². The summed E-state index contributed by atoms with van der Waals surface area (Å²) in [6.45, 7) is 0. The number of hydrogen-bond donors (Lipinski definition) is 3. The van der Waals surface area contributed by atoms with E-state index < -0.39 is 29.7 Å². The van der Waals surface area contributed by atoms with Crippen LogP contribution in [-0.4, -0.2) is 34.7 Å². The molecule has 0 atom stereocenters. The SMILES string of the molecule is NC(=O)NN1C(=O)NC(=O)C(=O)C1=O. The van der Waals surface area contributed by atoms with Crippen LogP contribution in [-0.2, 0) is 14.4 Å². The molecule has 1 rings (SSSR count). The lowest BCUT2D eigenvalue weighted by Crippen LogP contribution is -2.64. The molecule has 1 aliphatic heterocycles. The molecule has 1 aliphatic rings. The van der Waals surface area contributed by atoms with Gasteiger partial charge < -0.3 is 5.73 Å². The molecular weight excluding hydrogens is 196 g/mol. The van der Waals surface area contributed by atoms with E-state index >= 15 is 0 Å². The molecule has 1 fully saturated rings. The normalized spacial score (nSPS) is 16.7. The summed E-state index contributed by atoms with van der Waals surface area (Å²) in [6, 6.07) is -2.45. The number of imide groups is 2. The number of carbonyl (C=O) groups excluding carboxylic acids is 5. The van der Waals surface area contributed by atoms with Crippen LogP contribution in [0.5, 0.6) is 0 Å². The van der Waals surface area contributed by atoms with Crippen molar-refractivity contribution >= 4 is 29.7 Å². The van der Waals surface area contributed by atoms with E-state index in [9.17, 15) is 24.0 Å². The number of urea groups is 2. The van der Waals surface area contributed by atoms with Crippen LogP contribution < -0.4 is 16.5 Å². The number of rotatable bonds is 1. The number of primary amides is 1. The third-order valence-electron chi connectivity index (χ3n) is 1.25. The van der Waals surface area contributed by atoms with Crippen LogP contribution in [0.25, 0.3) is 0 Å². The van der Waals surface area contributed by atoms with Crippen LogP contribution in [0.1, 0.15) is 0 Å². The molecule has 0 bridgehead atoms. The molecule has 0 spiro atoms. The van der Waals surface area contributed by atoms with Crippen molar-refractivity contribution in [1.29, 1.82) is 0 Å². The number of hydrogen-bond acceptors (Lipinski definition) is 5. The lowest BCUT2D eigenvalue weighted by Gasteiger charge is -2.22. The van der Waals surface area contributed by atoms with Crippen molar-refractivity contribution in [3.05, 3.63) is 0 Å². The monoisotopic (exact) mass is 200 g/mol. The number of Topliss-reactive ketones (excluding diaryl/α,β-unsaturated/α-hetero) is 1. The van der Waals surface area contributed by atoms with E-state index in [1.165, 1.54) is 5.32 Å². The highest BCUT2D eigenvalue weighted by Crippen LogP contribution is 1.95. The molecule has 1 saturated heterocycles. The van der Waals surface area contributed by atoms with Crippen LogP contribution in [0.2, 0.25) is 0 Å². The second-order valence-electron chi connectivity index (χ2n) is 2.21. The second kappa shape index (κ2) is 3.12. The number of ketones is 1. The fourth-order valence-electron chi connectivity index (χ4n) is 0.712. The van der Waals surface area contributed by atoms with Crippen LogP contribution in [0.4, 0.5) is 9.59 Å². The average molecular weight is 200 g/mol. The lowest BCUT2D eigenvalue weighted by atomic mass is 10.3. The van der Waals surface area contributed by atoms with Gasteiger partial charge in [0.2, 0.25) is 0 Å². The Morgan fingerprint density at radius 2 is 1.86 bits per heavy atom. The summed E-state index contributed by atoms with van der Waals surface area (Å²) >= 11 is 0. The largest absolute Gasteiger partial charge is 0.350 e. The Kier molecular flexibility index (Phi) is 2.15. The van der Waals surface area contributed by atoms with Crippen molar-refractivity contribution in [2.75, 3.05) is 0 Å². The Bertz CT molecular complexity index is 361. The summed E-state index contributed by atoms with van der Waals surface area (Å²) < 4.78 is 0. The third-order valence-corrected chi connectivity index (χ3v) is 1.25. The van der Waals surface area contributed by atoms with Crippen molar-refractivity contribution < 1.29 is 24.0 Å². The van der Waals surface area contributed by atoms with E-state index in [1.807, 2.05) is 0 Å². The molecule has 0 saturated carbocycles. The van der Waals surface area contributed by atoms with Gasteiger partial charge in [0.25, 0.3) is 0 Å². The molecule has 9 nitrogen and oxygen atoms in total. The molecule has 6 amide bonds. The minimum Gasteiger partial charge on any atom is -0.350 e. The fourth-order valence-corrected chi connectivity index (χ4v) is 0.712. The molecule has 0 unspecified atom stereocenters. The van der Waals surface area contributed by atoms with Gasteiger partial charge in [-0.2, -0.15) is 5.01 Å². The Labute approximate surface area is 76.2 Å². The quantitative estimate of drug-likeness (QED) is 0.393. The first-order chi connectivity index (χ1) is 6.43. The third kappa shape index (κ3) is 1.50. The van der Waals surface area contributed by atoms with Gasteiger partial charge in [-0.3, -0.25) is 19.7 Å². The Morgan fingerprint density at radius 1 is 1.29 bits per heavy atom. The molecule has 0 aromatic carbocycles. The van der Waals surface area contributed by atoms with Crippen molar-refractivity contribution in [2.45, 2.75) is 0 Å². The number of hydrazine groups is 1. The molecule has 0 aromatic heterocycles. The zero-order valence-electron chi connectivity index (χ0n) is 6.57. The average Bonchev–Trinajstić information content (AvgIpc) is 2.09. The molecule has 4 N–H and O–H groups in total. The molecule has 0 aromatic rings. The predicted octanol–water partition coefficient (Wildman–Crippen LogP) is -2.78. The highest BCUT2D eigenvalue weighted by Gasteiger charge is 2.39. The number of nitrogens with zero attached hydrogens (tertiary/aromatic N) is 1. The minimum absolute atomic E-state index is 0.0199. The van der Waals surface area contributed by atoms with E-state index in [1.54, 1.807) is 5.43 Å². The maximum absolute atomic E-state index is 10.9. The zero-order valence-corrected chi connectivity index (χ0v) is 6.57. The van der Waals surface area contributed by atoms with Gasteiger partial charge in [-0.1, -0.05) is 0 Å².